The Labute approximate surface area is 158 Å². The molecule has 6 nitrogen and oxygen atoms in total. The van der Waals surface area contributed by atoms with Crippen LogP contribution in [0.5, 0.6) is 0 Å². The zero-order valence-electron chi connectivity index (χ0n) is 15.8. The molecule has 7 heteroatoms. The standard InChI is InChI=1S/C20H25FN4O2/c1-13-10-25(11-14(2)27-13)20(26)15-6-8-24(9-7-15)19-18-16(21)4-3-5-17(18)22-12-23-19/h3-5,12-15H,6-11H2,1-2H3/t13-,14+. The zero-order chi connectivity index (χ0) is 19.0. The second-order valence-corrected chi connectivity index (χ2v) is 7.59. The molecule has 4 rings (SSSR count). The van der Waals surface area contributed by atoms with E-state index in [0.717, 1.165) is 12.8 Å². The number of nitrogens with zero attached hydrogens (tertiary/aromatic N) is 4. The number of ether oxygens (including phenoxy) is 1. The van der Waals surface area contributed by atoms with E-state index in [2.05, 4.69) is 14.9 Å². The molecule has 0 saturated carbocycles. The number of piperidine rings is 1. The molecule has 2 aliphatic heterocycles. The summed E-state index contributed by atoms with van der Waals surface area (Å²) in [4.78, 5) is 25.4. The highest BCUT2D eigenvalue weighted by Crippen LogP contribution is 2.30. The Balaban J connectivity index is 1.46. The summed E-state index contributed by atoms with van der Waals surface area (Å²) in [5, 5.41) is 0.459. The van der Waals surface area contributed by atoms with Crippen LogP contribution in [0, 0.1) is 11.7 Å². The van der Waals surface area contributed by atoms with Crippen molar-refractivity contribution in [1.29, 1.82) is 0 Å². The number of fused-ring (bicyclic) bond motifs is 1. The maximum atomic E-state index is 14.3. The molecule has 2 fully saturated rings. The minimum atomic E-state index is -0.308. The highest BCUT2D eigenvalue weighted by Gasteiger charge is 2.33. The largest absolute Gasteiger partial charge is 0.372 e. The lowest BCUT2D eigenvalue weighted by molar-refractivity contribution is -0.148. The van der Waals surface area contributed by atoms with Crippen LogP contribution in [0.2, 0.25) is 0 Å². The van der Waals surface area contributed by atoms with Crippen LogP contribution in [0.4, 0.5) is 10.2 Å². The summed E-state index contributed by atoms with van der Waals surface area (Å²) in [6.45, 7) is 6.70. The molecule has 144 valence electrons. The number of hydrogen-bond acceptors (Lipinski definition) is 5. The van der Waals surface area contributed by atoms with Crippen molar-refractivity contribution in [2.45, 2.75) is 38.9 Å². The number of anilines is 1. The number of halogens is 1. The number of morpholine rings is 1. The number of benzene rings is 1. The molecule has 2 aliphatic rings. The second kappa shape index (κ2) is 7.38. The molecule has 3 heterocycles. The van der Waals surface area contributed by atoms with Crippen LogP contribution in [0.1, 0.15) is 26.7 Å². The normalized spacial score (nSPS) is 24.4. The summed E-state index contributed by atoms with van der Waals surface area (Å²) in [5.41, 5.74) is 0.606. The van der Waals surface area contributed by atoms with E-state index in [1.165, 1.54) is 12.4 Å². The number of aromatic nitrogens is 2. The Kier molecular flexibility index (Phi) is 4.95. The maximum absolute atomic E-state index is 14.3. The monoisotopic (exact) mass is 372 g/mol. The minimum Gasteiger partial charge on any atom is -0.372 e. The molecule has 0 bridgehead atoms. The van der Waals surface area contributed by atoms with Gasteiger partial charge < -0.3 is 14.5 Å². The summed E-state index contributed by atoms with van der Waals surface area (Å²) in [7, 11) is 0. The predicted octanol–water partition coefficient (Wildman–Crippen LogP) is 2.62. The summed E-state index contributed by atoms with van der Waals surface area (Å²) in [6.07, 6.45) is 3.13. The molecular weight excluding hydrogens is 347 g/mol. The van der Waals surface area contributed by atoms with Crippen molar-refractivity contribution < 1.29 is 13.9 Å². The first-order valence-electron chi connectivity index (χ1n) is 9.61. The lowest BCUT2D eigenvalue weighted by Crippen LogP contribution is -2.51. The molecule has 2 aromatic rings. The second-order valence-electron chi connectivity index (χ2n) is 7.59. The van der Waals surface area contributed by atoms with Crippen molar-refractivity contribution in [2.75, 3.05) is 31.1 Å². The third kappa shape index (κ3) is 3.60. The van der Waals surface area contributed by atoms with E-state index in [-0.39, 0.29) is 29.9 Å². The van der Waals surface area contributed by atoms with Gasteiger partial charge in [0.05, 0.1) is 23.1 Å². The van der Waals surface area contributed by atoms with Crippen LogP contribution in [0.25, 0.3) is 10.9 Å². The lowest BCUT2D eigenvalue weighted by Gasteiger charge is -2.39. The molecule has 27 heavy (non-hydrogen) atoms. The fourth-order valence-corrected chi connectivity index (χ4v) is 4.25. The van der Waals surface area contributed by atoms with Gasteiger partial charge in [-0.25, -0.2) is 14.4 Å². The highest BCUT2D eigenvalue weighted by molar-refractivity contribution is 5.90. The van der Waals surface area contributed by atoms with Crippen LogP contribution in [0.15, 0.2) is 24.5 Å². The number of carbonyl (C=O) groups is 1. The zero-order valence-corrected chi connectivity index (χ0v) is 15.8. The van der Waals surface area contributed by atoms with Gasteiger partial charge >= 0.3 is 0 Å². The minimum absolute atomic E-state index is 0.0108. The fraction of sp³-hybridized carbons (Fsp3) is 0.550. The molecule has 0 spiro atoms. The van der Waals surface area contributed by atoms with Gasteiger partial charge in [0.2, 0.25) is 5.91 Å². The Hall–Kier alpha value is -2.28. The molecule has 0 N–H and O–H groups in total. The molecule has 1 amide bonds. The van der Waals surface area contributed by atoms with Crippen molar-refractivity contribution in [1.82, 2.24) is 14.9 Å². The van der Waals surface area contributed by atoms with Crippen LogP contribution in [-0.4, -0.2) is 59.2 Å². The summed E-state index contributed by atoms with van der Waals surface area (Å²) < 4.78 is 20.1. The fourth-order valence-electron chi connectivity index (χ4n) is 4.25. The lowest BCUT2D eigenvalue weighted by atomic mass is 9.94. The van der Waals surface area contributed by atoms with E-state index in [4.69, 9.17) is 4.74 Å². The Morgan fingerprint density at radius 3 is 2.56 bits per heavy atom. The van der Waals surface area contributed by atoms with Crippen LogP contribution >= 0.6 is 0 Å². The summed E-state index contributed by atoms with van der Waals surface area (Å²) in [5.74, 6) is 0.544. The Morgan fingerprint density at radius 2 is 1.85 bits per heavy atom. The van der Waals surface area contributed by atoms with Crippen LogP contribution in [-0.2, 0) is 9.53 Å². The Morgan fingerprint density at radius 1 is 1.15 bits per heavy atom. The third-order valence-electron chi connectivity index (χ3n) is 5.47. The van der Waals surface area contributed by atoms with Crippen molar-refractivity contribution in [3.63, 3.8) is 0 Å². The number of amides is 1. The van der Waals surface area contributed by atoms with E-state index >= 15 is 0 Å². The van der Waals surface area contributed by atoms with Gasteiger partial charge in [-0.2, -0.15) is 0 Å². The third-order valence-corrected chi connectivity index (χ3v) is 5.47. The first kappa shape index (κ1) is 18.1. The first-order valence-corrected chi connectivity index (χ1v) is 9.61. The van der Waals surface area contributed by atoms with Crippen LogP contribution in [0.3, 0.4) is 0 Å². The molecule has 0 unspecified atom stereocenters. The molecular formula is C20H25FN4O2. The average Bonchev–Trinajstić information content (AvgIpc) is 2.67. The summed E-state index contributed by atoms with van der Waals surface area (Å²) >= 11 is 0. The van der Waals surface area contributed by atoms with Gasteiger partial charge in [-0.3, -0.25) is 4.79 Å². The van der Waals surface area contributed by atoms with Crippen molar-refractivity contribution >= 4 is 22.6 Å². The molecule has 0 aliphatic carbocycles. The molecule has 1 aromatic heterocycles. The van der Waals surface area contributed by atoms with Gasteiger partial charge in [-0.15, -0.1) is 0 Å². The maximum Gasteiger partial charge on any atom is 0.225 e. The van der Waals surface area contributed by atoms with E-state index < -0.39 is 0 Å². The first-order chi connectivity index (χ1) is 13.0. The van der Waals surface area contributed by atoms with Gasteiger partial charge in [0.25, 0.3) is 0 Å². The smallest absolute Gasteiger partial charge is 0.225 e. The van der Waals surface area contributed by atoms with E-state index in [1.807, 2.05) is 18.7 Å². The highest BCUT2D eigenvalue weighted by atomic mass is 19.1. The molecule has 2 saturated heterocycles. The van der Waals surface area contributed by atoms with Crippen LogP contribution < -0.4 is 4.90 Å². The quantitative estimate of drug-likeness (QED) is 0.811. The molecule has 0 radical (unpaired) electrons. The Bertz CT molecular complexity index is 823. The predicted molar refractivity (Wildman–Crippen MR) is 101 cm³/mol. The van der Waals surface area contributed by atoms with Gasteiger partial charge in [0.1, 0.15) is 18.0 Å². The molecule has 2 atom stereocenters. The van der Waals surface area contributed by atoms with Gasteiger partial charge in [0, 0.05) is 32.1 Å². The van der Waals surface area contributed by atoms with E-state index in [0.29, 0.717) is 42.9 Å². The van der Waals surface area contributed by atoms with Crippen molar-refractivity contribution in [3.05, 3.63) is 30.3 Å². The number of rotatable bonds is 2. The van der Waals surface area contributed by atoms with Gasteiger partial charge in [-0.1, -0.05) is 6.07 Å². The van der Waals surface area contributed by atoms with E-state index in [9.17, 15) is 9.18 Å². The SMILES string of the molecule is C[C@@H]1CN(C(=O)C2CCN(c3ncnc4cccc(F)c34)CC2)C[C@H](C)O1. The summed E-state index contributed by atoms with van der Waals surface area (Å²) in [6, 6.07) is 4.89. The van der Waals surface area contributed by atoms with E-state index in [1.54, 1.807) is 12.1 Å². The van der Waals surface area contributed by atoms with Crippen molar-refractivity contribution in [2.24, 2.45) is 5.92 Å². The van der Waals surface area contributed by atoms with Gasteiger partial charge in [0.15, 0.2) is 0 Å². The van der Waals surface area contributed by atoms with Gasteiger partial charge in [-0.05, 0) is 38.8 Å². The van der Waals surface area contributed by atoms with Crippen molar-refractivity contribution in [3.8, 4) is 0 Å². The number of hydrogen-bond donors (Lipinski definition) is 0. The number of carbonyl (C=O) groups excluding carboxylic acids is 1. The topological polar surface area (TPSA) is 58.6 Å². The molecule has 1 aromatic carbocycles. The average molecular weight is 372 g/mol.